The summed E-state index contributed by atoms with van der Waals surface area (Å²) >= 11 is 3.40. The van der Waals surface area contributed by atoms with Crippen molar-refractivity contribution in [2.45, 2.75) is 32.4 Å². The maximum Gasteiger partial charge on any atom is 0.250 e. The topological polar surface area (TPSA) is 61.4 Å². The van der Waals surface area contributed by atoms with E-state index < -0.39 is 11.6 Å². The lowest BCUT2D eigenvalue weighted by Crippen LogP contribution is -2.61. The zero-order valence-corrected chi connectivity index (χ0v) is 15.9. The van der Waals surface area contributed by atoms with E-state index in [0.717, 1.165) is 10.2 Å². The van der Waals surface area contributed by atoms with Crippen LogP contribution in [0.15, 0.2) is 53.0 Å². The van der Waals surface area contributed by atoms with Gasteiger partial charge in [-0.1, -0.05) is 28.1 Å². The summed E-state index contributed by atoms with van der Waals surface area (Å²) < 4.78 is 0.972. The van der Waals surface area contributed by atoms with Gasteiger partial charge >= 0.3 is 0 Å². The SMILES string of the molecule is C[C@@H](Nc1ccc(Br)cc1)C(=O)N1c2ccccc2NC(=O)C1(C)C. The van der Waals surface area contributed by atoms with Crippen molar-refractivity contribution in [1.29, 1.82) is 0 Å². The minimum atomic E-state index is -0.971. The first-order valence-corrected chi connectivity index (χ1v) is 8.86. The Morgan fingerprint density at radius 3 is 2.48 bits per heavy atom. The smallest absolute Gasteiger partial charge is 0.250 e. The molecule has 0 bridgehead atoms. The molecule has 2 aromatic rings. The van der Waals surface area contributed by atoms with Crippen LogP contribution >= 0.6 is 15.9 Å². The lowest BCUT2D eigenvalue weighted by molar-refractivity contribution is -0.126. The molecule has 0 radical (unpaired) electrons. The number of anilines is 3. The number of halogens is 1. The third-order valence-electron chi connectivity index (χ3n) is 4.33. The van der Waals surface area contributed by atoms with Gasteiger partial charge < -0.3 is 10.6 Å². The van der Waals surface area contributed by atoms with Crippen LogP contribution in [0.3, 0.4) is 0 Å². The summed E-state index contributed by atoms with van der Waals surface area (Å²) in [7, 11) is 0. The van der Waals surface area contributed by atoms with E-state index in [-0.39, 0.29) is 11.8 Å². The van der Waals surface area contributed by atoms with Gasteiger partial charge in [-0.2, -0.15) is 0 Å². The van der Waals surface area contributed by atoms with E-state index >= 15 is 0 Å². The van der Waals surface area contributed by atoms with Gasteiger partial charge in [-0.05, 0) is 57.2 Å². The largest absolute Gasteiger partial charge is 0.374 e. The number of rotatable bonds is 3. The van der Waals surface area contributed by atoms with Crippen molar-refractivity contribution < 1.29 is 9.59 Å². The van der Waals surface area contributed by atoms with Crippen molar-refractivity contribution in [2.75, 3.05) is 15.5 Å². The molecule has 3 rings (SSSR count). The second kappa shape index (κ2) is 6.52. The molecular formula is C19H20BrN3O2. The molecule has 0 aromatic heterocycles. The number of hydrogen-bond donors (Lipinski definition) is 2. The first-order valence-electron chi connectivity index (χ1n) is 8.07. The molecule has 1 heterocycles. The molecule has 2 amide bonds. The van der Waals surface area contributed by atoms with E-state index in [4.69, 9.17) is 0 Å². The second-order valence-electron chi connectivity index (χ2n) is 6.58. The fourth-order valence-electron chi connectivity index (χ4n) is 2.90. The van der Waals surface area contributed by atoms with E-state index in [1.807, 2.05) is 42.5 Å². The minimum absolute atomic E-state index is 0.157. The third kappa shape index (κ3) is 3.26. The molecule has 0 spiro atoms. The fourth-order valence-corrected chi connectivity index (χ4v) is 3.16. The molecule has 0 fully saturated rings. The Hall–Kier alpha value is -2.34. The highest BCUT2D eigenvalue weighted by molar-refractivity contribution is 9.10. The average molecular weight is 402 g/mol. The molecule has 0 aliphatic carbocycles. The number of hydrogen-bond acceptors (Lipinski definition) is 3. The van der Waals surface area contributed by atoms with Gasteiger partial charge in [0, 0.05) is 10.2 Å². The maximum absolute atomic E-state index is 13.2. The fraction of sp³-hybridized carbons (Fsp3) is 0.263. The predicted octanol–water partition coefficient (Wildman–Crippen LogP) is 4.01. The molecular weight excluding hydrogens is 382 g/mol. The van der Waals surface area contributed by atoms with Gasteiger partial charge in [-0.15, -0.1) is 0 Å². The van der Waals surface area contributed by atoms with Crippen LogP contribution in [0.4, 0.5) is 17.1 Å². The molecule has 5 nitrogen and oxygen atoms in total. The number of fused-ring (bicyclic) bond motifs is 1. The summed E-state index contributed by atoms with van der Waals surface area (Å²) in [5.74, 6) is -0.356. The number of nitrogens with zero attached hydrogens (tertiary/aromatic N) is 1. The van der Waals surface area contributed by atoms with Crippen molar-refractivity contribution >= 4 is 44.8 Å². The summed E-state index contributed by atoms with van der Waals surface area (Å²) in [5, 5.41) is 6.08. The third-order valence-corrected chi connectivity index (χ3v) is 4.85. The highest BCUT2D eigenvalue weighted by atomic mass is 79.9. The number of nitrogens with one attached hydrogen (secondary N) is 2. The van der Waals surface area contributed by atoms with E-state index in [1.54, 1.807) is 31.7 Å². The highest BCUT2D eigenvalue weighted by Crippen LogP contribution is 2.37. The molecule has 1 aliphatic rings. The average Bonchev–Trinajstić information content (AvgIpc) is 2.57. The zero-order chi connectivity index (χ0) is 18.2. The van der Waals surface area contributed by atoms with Crippen molar-refractivity contribution in [3.8, 4) is 0 Å². The number of benzene rings is 2. The predicted molar refractivity (Wildman–Crippen MR) is 104 cm³/mol. The maximum atomic E-state index is 13.2. The molecule has 130 valence electrons. The summed E-state index contributed by atoms with van der Waals surface area (Å²) in [6, 6.07) is 14.5. The van der Waals surface area contributed by atoms with Gasteiger partial charge in [0.1, 0.15) is 11.6 Å². The normalized spacial score (nSPS) is 16.6. The first kappa shape index (κ1) is 17.5. The van der Waals surface area contributed by atoms with Gasteiger partial charge in [-0.3, -0.25) is 14.5 Å². The van der Waals surface area contributed by atoms with Crippen LogP contribution in [0, 0.1) is 0 Å². The monoisotopic (exact) mass is 401 g/mol. The second-order valence-corrected chi connectivity index (χ2v) is 7.49. The van der Waals surface area contributed by atoms with E-state index in [2.05, 4.69) is 26.6 Å². The van der Waals surface area contributed by atoms with Crippen LogP contribution < -0.4 is 15.5 Å². The number of amides is 2. The molecule has 0 saturated carbocycles. The molecule has 0 saturated heterocycles. The molecule has 1 atom stereocenters. The van der Waals surface area contributed by atoms with Crippen molar-refractivity contribution in [2.24, 2.45) is 0 Å². The van der Waals surface area contributed by atoms with Crippen LogP contribution in [0.25, 0.3) is 0 Å². The molecule has 2 aromatic carbocycles. The van der Waals surface area contributed by atoms with Crippen LogP contribution in [0.1, 0.15) is 20.8 Å². The Morgan fingerprint density at radius 1 is 1.16 bits per heavy atom. The number of para-hydroxylation sites is 2. The number of carbonyl (C=O) groups is 2. The van der Waals surface area contributed by atoms with E-state index in [1.165, 1.54) is 0 Å². The van der Waals surface area contributed by atoms with E-state index in [0.29, 0.717) is 11.4 Å². The van der Waals surface area contributed by atoms with Gasteiger partial charge in [0.05, 0.1) is 11.4 Å². The van der Waals surface area contributed by atoms with Crippen LogP contribution in [0.5, 0.6) is 0 Å². The van der Waals surface area contributed by atoms with Gasteiger partial charge in [0.25, 0.3) is 0 Å². The summed E-state index contributed by atoms with van der Waals surface area (Å²) in [5.41, 5.74) is 1.23. The van der Waals surface area contributed by atoms with Crippen molar-refractivity contribution in [1.82, 2.24) is 0 Å². The van der Waals surface area contributed by atoms with Crippen LogP contribution in [-0.2, 0) is 9.59 Å². The Kier molecular flexibility index (Phi) is 4.56. The minimum Gasteiger partial charge on any atom is -0.374 e. The molecule has 25 heavy (non-hydrogen) atoms. The lowest BCUT2D eigenvalue weighted by Gasteiger charge is -2.43. The Labute approximate surface area is 155 Å². The van der Waals surface area contributed by atoms with Gasteiger partial charge in [0.2, 0.25) is 11.8 Å². The zero-order valence-electron chi connectivity index (χ0n) is 14.3. The molecule has 0 unspecified atom stereocenters. The molecule has 2 N–H and O–H groups in total. The summed E-state index contributed by atoms with van der Waals surface area (Å²) in [6.07, 6.45) is 0. The Bertz CT molecular complexity index is 818. The summed E-state index contributed by atoms with van der Waals surface area (Å²) in [4.78, 5) is 27.2. The van der Waals surface area contributed by atoms with Crippen LogP contribution in [-0.4, -0.2) is 23.4 Å². The number of carbonyl (C=O) groups excluding carboxylic acids is 2. The standard InChI is InChI=1S/C19H20BrN3O2/c1-12(21-14-10-8-13(20)9-11-14)17(24)23-16-7-5-4-6-15(16)22-18(25)19(23,2)3/h4-12,21H,1-3H3,(H,22,25)/t12-/m1/s1. The quantitative estimate of drug-likeness (QED) is 0.816. The van der Waals surface area contributed by atoms with Gasteiger partial charge in [0.15, 0.2) is 0 Å². The van der Waals surface area contributed by atoms with Gasteiger partial charge in [-0.25, -0.2) is 0 Å². The van der Waals surface area contributed by atoms with Crippen molar-refractivity contribution in [3.63, 3.8) is 0 Å². The Morgan fingerprint density at radius 2 is 1.80 bits per heavy atom. The first-order chi connectivity index (χ1) is 11.8. The van der Waals surface area contributed by atoms with Crippen LogP contribution in [0.2, 0.25) is 0 Å². The lowest BCUT2D eigenvalue weighted by atomic mass is 9.95. The highest BCUT2D eigenvalue weighted by Gasteiger charge is 2.44. The van der Waals surface area contributed by atoms with Crippen molar-refractivity contribution in [3.05, 3.63) is 53.0 Å². The Balaban J connectivity index is 1.91. The molecule has 6 heteroatoms. The van der Waals surface area contributed by atoms with E-state index in [9.17, 15) is 9.59 Å². The molecule has 1 aliphatic heterocycles. The summed E-state index contributed by atoms with van der Waals surface area (Å²) in [6.45, 7) is 5.31.